The van der Waals surface area contributed by atoms with E-state index in [0.717, 1.165) is 23.4 Å². The number of rotatable bonds is 3. The number of fused-ring (bicyclic) bond motifs is 1. The van der Waals surface area contributed by atoms with E-state index in [1.54, 1.807) is 13.2 Å². The van der Waals surface area contributed by atoms with Crippen molar-refractivity contribution in [3.05, 3.63) is 63.1 Å². The molecule has 0 saturated carbocycles. The summed E-state index contributed by atoms with van der Waals surface area (Å²) in [7, 11) is 1.64. The van der Waals surface area contributed by atoms with E-state index in [1.165, 1.54) is 11.6 Å². The molecular weight excluding hydrogens is 304 g/mol. The molecule has 126 valence electrons. The van der Waals surface area contributed by atoms with Crippen LogP contribution in [0.25, 0.3) is 0 Å². The highest BCUT2D eigenvalue weighted by Gasteiger charge is 2.29. The smallest absolute Gasteiger partial charge is 0.254 e. The quantitative estimate of drug-likeness (QED) is 0.943. The Balaban J connectivity index is 1.94. The maximum atomic E-state index is 12.9. The lowest BCUT2D eigenvalue weighted by atomic mass is 9.92. The van der Waals surface area contributed by atoms with E-state index in [2.05, 4.69) is 11.1 Å². The highest BCUT2D eigenvalue weighted by atomic mass is 16.5. The number of carbonyl (C=O) groups is 1. The molecule has 24 heavy (non-hydrogen) atoms. The lowest BCUT2D eigenvalue weighted by molar-refractivity contribution is 0.0677. The molecule has 2 heterocycles. The van der Waals surface area contributed by atoms with Crippen LogP contribution in [-0.2, 0) is 12.8 Å². The zero-order valence-electron chi connectivity index (χ0n) is 14.3. The number of aryl methyl sites for hydroxylation is 1. The van der Waals surface area contributed by atoms with Gasteiger partial charge in [0.05, 0.1) is 13.2 Å². The average Bonchev–Trinajstić information content (AvgIpc) is 2.60. The van der Waals surface area contributed by atoms with Gasteiger partial charge in [-0.1, -0.05) is 13.0 Å². The summed E-state index contributed by atoms with van der Waals surface area (Å²) in [5.74, 6) is 0.691. The fourth-order valence-electron chi connectivity index (χ4n) is 3.28. The molecule has 2 aromatic rings. The third-order valence-corrected chi connectivity index (χ3v) is 4.68. The number of pyridine rings is 1. The van der Waals surface area contributed by atoms with E-state index in [9.17, 15) is 9.59 Å². The van der Waals surface area contributed by atoms with E-state index < -0.39 is 0 Å². The van der Waals surface area contributed by atoms with Crippen LogP contribution >= 0.6 is 0 Å². The standard InChI is InChI=1S/C19H22N2O3/c1-4-15-9-14(10-18(22)20-15)19(23)21-8-7-13-5-6-16(24-3)11-17(13)12(21)2/h5-6,9-12H,4,7-8H2,1-3H3,(H,20,22). The molecule has 0 bridgehead atoms. The third-order valence-electron chi connectivity index (χ3n) is 4.68. The molecule has 1 N–H and O–H groups in total. The van der Waals surface area contributed by atoms with Crippen molar-refractivity contribution >= 4 is 5.91 Å². The first kappa shape index (κ1) is 16.3. The molecular formula is C19H22N2O3. The second-order valence-electron chi connectivity index (χ2n) is 6.10. The number of nitrogens with one attached hydrogen (secondary N) is 1. The Morgan fingerprint density at radius 1 is 1.33 bits per heavy atom. The number of H-pyrrole nitrogens is 1. The van der Waals surface area contributed by atoms with Crippen LogP contribution in [0.5, 0.6) is 5.75 Å². The SMILES string of the molecule is CCc1cc(C(=O)N2CCc3ccc(OC)cc3C2C)cc(=O)[nH]1. The summed E-state index contributed by atoms with van der Waals surface area (Å²) < 4.78 is 5.31. The summed E-state index contributed by atoms with van der Waals surface area (Å²) >= 11 is 0. The summed E-state index contributed by atoms with van der Waals surface area (Å²) in [5.41, 5.74) is 3.35. The molecule has 1 aromatic carbocycles. The minimum absolute atomic E-state index is 0.0549. The van der Waals surface area contributed by atoms with Gasteiger partial charge < -0.3 is 14.6 Å². The highest BCUT2D eigenvalue weighted by Crippen LogP contribution is 2.32. The number of carbonyl (C=O) groups excluding carboxylic acids is 1. The first-order chi connectivity index (χ1) is 11.5. The molecule has 0 saturated heterocycles. The van der Waals surface area contributed by atoms with Crippen molar-refractivity contribution in [2.75, 3.05) is 13.7 Å². The molecule has 1 amide bonds. The van der Waals surface area contributed by atoms with Crippen LogP contribution in [-0.4, -0.2) is 29.4 Å². The number of nitrogens with zero attached hydrogens (tertiary/aromatic N) is 1. The molecule has 0 spiro atoms. The van der Waals surface area contributed by atoms with Gasteiger partial charge in [0, 0.05) is 23.9 Å². The van der Waals surface area contributed by atoms with Gasteiger partial charge in [-0.25, -0.2) is 0 Å². The van der Waals surface area contributed by atoms with Crippen molar-refractivity contribution in [3.8, 4) is 5.75 Å². The Morgan fingerprint density at radius 3 is 2.83 bits per heavy atom. The maximum Gasteiger partial charge on any atom is 0.254 e. The number of methoxy groups -OCH3 is 1. The summed E-state index contributed by atoms with van der Waals surface area (Å²) in [6.07, 6.45) is 1.49. The fraction of sp³-hybridized carbons (Fsp3) is 0.368. The van der Waals surface area contributed by atoms with Crippen LogP contribution in [0.1, 0.15) is 47.1 Å². The normalized spacial score (nSPS) is 16.6. The van der Waals surface area contributed by atoms with E-state index >= 15 is 0 Å². The Hall–Kier alpha value is -2.56. The Bertz CT molecular complexity index is 826. The summed E-state index contributed by atoms with van der Waals surface area (Å²) in [5, 5.41) is 0. The van der Waals surface area contributed by atoms with Crippen molar-refractivity contribution in [1.29, 1.82) is 0 Å². The van der Waals surface area contributed by atoms with Gasteiger partial charge in [0.25, 0.3) is 5.91 Å². The second kappa shape index (κ2) is 6.51. The molecule has 0 aliphatic carbocycles. The van der Waals surface area contributed by atoms with Crippen LogP contribution in [0.2, 0.25) is 0 Å². The van der Waals surface area contributed by atoms with Crippen molar-refractivity contribution in [1.82, 2.24) is 9.88 Å². The number of aromatic nitrogens is 1. The van der Waals surface area contributed by atoms with Crippen molar-refractivity contribution in [3.63, 3.8) is 0 Å². The van der Waals surface area contributed by atoms with Gasteiger partial charge in [-0.15, -0.1) is 0 Å². The molecule has 5 nitrogen and oxygen atoms in total. The van der Waals surface area contributed by atoms with Crippen LogP contribution in [0.15, 0.2) is 35.1 Å². The van der Waals surface area contributed by atoms with Gasteiger partial charge in [-0.3, -0.25) is 9.59 Å². The topological polar surface area (TPSA) is 62.4 Å². The van der Waals surface area contributed by atoms with Crippen LogP contribution in [0.3, 0.4) is 0 Å². The molecule has 3 rings (SSSR count). The predicted molar refractivity (Wildman–Crippen MR) is 92.6 cm³/mol. The minimum Gasteiger partial charge on any atom is -0.497 e. The molecule has 1 aliphatic heterocycles. The zero-order chi connectivity index (χ0) is 17.3. The highest BCUT2D eigenvalue weighted by molar-refractivity contribution is 5.94. The largest absolute Gasteiger partial charge is 0.497 e. The lowest BCUT2D eigenvalue weighted by Crippen LogP contribution is -2.39. The number of amides is 1. The zero-order valence-corrected chi connectivity index (χ0v) is 14.3. The molecule has 1 aromatic heterocycles. The predicted octanol–water partition coefficient (Wildman–Crippen LogP) is 2.71. The Morgan fingerprint density at radius 2 is 2.12 bits per heavy atom. The molecule has 1 atom stereocenters. The second-order valence-corrected chi connectivity index (χ2v) is 6.10. The van der Waals surface area contributed by atoms with Gasteiger partial charge in [0.2, 0.25) is 5.56 Å². The van der Waals surface area contributed by atoms with E-state index in [1.807, 2.05) is 30.9 Å². The molecule has 1 unspecified atom stereocenters. The van der Waals surface area contributed by atoms with Gasteiger partial charge in [0.1, 0.15) is 5.75 Å². The average molecular weight is 326 g/mol. The van der Waals surface area contributed by atoms with Gasteiger partial charge in [0.15, 0.2) is 0 Å². The van der Waals surface area contributed by atoms with Crippen LogP contribution in [0, 0.1) is 0 Å². The molecule has 0 fully saturated rings. The summed E-state index contributed by atoms with van der Waals surface area (Å²) in [6.45, 7) is 4.61. The molecule has 1 aliphatic rings. The maximum absolute atomic E-state index is 12.9. The van der Waals surface area contributed by atoms with Crippen LogP contribution in [0.4, 0.5) is 0 Å². The lowest BCUT2D eigenvalue weighted by Gasteiger charge is -2.35. The number of hydrogen-bond acceptors (Lipinski definition) is 3. The Kier molecular flexibility index (Phi) is 4.42. The van der Waals surface area contributed by atoms with Crippen molar-refractivity contribution in [2.45, 2.75) is 32.7 Å². The van der Waals surface area contributed by atoms with Crippen molar-refractivity contribution < 1.29 is 9.53 Å². The first-order valence-electron chi connectivity index (χ1n) is 8.24. The van der Waals surface area contributed by atoms with Gasteiger partial charge in [-0.2, -0.15) is 0 Å². The summed E-state index contributed by atoms with van der Waals surface area (Å²) in [4.78, 5) is 29.3. The number of benzene rings is 1. The number of hydrogen-bond donors (Lipinski definition) is 1. The fourth-order valence-corrected chi connectivity index (χ4v) is 3.28. The molecule has 0 radical (unpaired) electrons. The van der Waals surface area contributed by atoms with Crippen molar-refractivity contribution in [2.24, 2.45) is 0 Å². The van der Waals surface area contributed by atoms with Crippen LogP contribution < -0.4 is 10.3 Å². The van der Waals surface area contributed by atoms with Gasteiger partial charge in [-0.05, 0) is 49.1 Å². The van der Waals surface area contributed by atoms with E-state index in [0.29, 0.717) is 18.5 Å². The molecule has 5 heteroatoms. The van der Waals surface area contributed by atoms with E-state index in [4.69, 9.17) is 4.74 Å². The minimum atomic E-state index is -0.232. The monoisotopic (exact) mass is 326 g/mol. The van der Waals surface area contributed by atoms with Gasteiger partial charge >= 0.3 is 0 Å². The summed E-state index contributed by atoms with van der Waals surface area (Å²) in [6, 6.07) is 9.12. The Labute approximate surface area is 141 Å². The number of aromatic amines is 1. The number of ether oxygens (including phenoxy) is 1. The third kappa shape index (κ3) is 2.94. The first-order valence-corrected chi connectivity index (χ1v) is 8.24. The van der Waals surface area contributed by atoms with E-state index in [-0.39, 0.29) is 17.5 Å².